The Kier molecular flexibility index (Phi) is 3.21. The number of nitrogens with zero attached hydrogens (tertiary/aromatic N) is 1. The van der Waals surface area contributed by atoms with Gasteiger partial charge in [-0.15, -0.1) is 0 Å². The number of ether oxygens (including phenoxy) is 1. The highest BCUT2D eigenvalue weighted by Crippen LogP contribution is 2.36. The minimum Gasteiger partial charge on any atom is -0.481 e. The Balaban J connectivity index is 3.29. The Morgan fingerprint density at radius 1 is 1.33 bits per heavy atom. The van der Waals surface area contributed by atoms with Crippen LogP contribution in [0, 0.1) is 0 Å². The molecule has 2 nitrogen and oxygen atoms in total. The lowest BCUT2D eigenvalue weighted by Crippen LogP contribution is -2.11. The van der Waals surface area contributed by atoms with Gasteiger partial charge in [-0.1, -0.05) is 13.8 Å². The molecule has 0 amide bonds. The quantitative estimate of drug-likeness (QED) is 0.761. The number of hydrogen-bond acceptors (Lipinski definition) is 2. The summed E-state index contributed by atoms with van der Waals surface area (Å²) in [5.41, 5.74) is -0.493. The van der Waals surface area contributed by atoms with Crippen LogP contribution < -0.4 is 4.74 Å². The number of methoxy groups -OCH3 is 1. The fraction of sp³-hybridized carbons (Fsp3) is 0.500. The summed E-state index contributed by atoms with van der Waals surface area (Å²) in [5, 5.41) is 0. The van der Waals surface area contributed by atoms with Crippen molar-refractivity contribution in [2.75, 3.05) is 7.11 Å². The summed E-state index contributed by atoms with van der Waals surface area (Å²) in [6.45, 7) is 3.39. The second-order valence-electron chi connectivity index (χ2n) is 3.47. The SMILES string of the molecule is COc1cc(C(F)(F)F)c(C(C)C)cn1. The Labute approximate surface area is 86.1 Å². The predicted octanol–water partition coefficient (Wildman–Crippen LogP) is 3.23. The molecule has 0 spiro atoms. The molecule has 84 valence electrons. The number of pyridine rings is 1. The molecule has 1 aromatic rings. The first-order valence-corrected chi connectivity index (χ1v) is 4.47. The topological polar surface area (TPSA) is 22.1 Å². The third-order valence-electron chi connectivity index (χ3n) is 2.05. The van der Waals surface area contributed by atoms with Crippen LogP contribution in [0.4, 0.5) is 13.2 Å². The van der Waals surface area contributed by atoms with E-state index in [0.717, 1.165) is 6.07 Å². The van der Waals surface area contributed by atoms with E-state index in [2.05, 4.69) is 9.72 Å². The first-order chi connectivity index (χ1) is 6.86. The van der Waals surface area contributed by atoms with E-state index in [1.807, 2.05) is 0 Å². The van der Waals surface area contributed by atoms with Crippen molar-refractivity contribution in [3.05, 3.63) is 23.4 Å². The highest BCUT2D eigenvalue weighted by molar-refractivity contribution is 5.33. The standard InChI is InChI=1S/C10H12F3NO/c1-6(2)7-5-14-9(15-3)4-8(7)10(11,12)13/h4-6H,1-3H3. The zero-order valence-corrected chi connectivity index (χ0v) is 8.72. The van der Waals surface area contributed by atoms with Crippen LogP contribution in [0.25, 0.3) is 0 Å². The van der Waals surface area contributed by atoms with E-state index in [-0.39, 0.29) is 17.4 Å². The second-order valence-corrected chi connectivity index (χ2v) is 3.47. The Morgan fingerprint density at radius 2 is 1.93 bits per heavy atom. The van der Waals surface area contributed by atoms with Gasteiger partial charge in [-0.3, -0.25) is 0 Å². The molecule has 0 bridgehead atoms. The van der Waals surface area contributed by atoms with E-state index >= 15 is 0 Å². The number of hydrogen-bond donors (Lipinski definition) is 0. The third-order valence-corrected chi connectivity index (χ3v) is 2.05. The Hall–Kier alpha value is -1.26. The van der Waals surface area contributed by atoms with Crippen molar-refractivity contribution in [1.29, 1.82) is 0 Å². The number of aromatic nitrogens is 1. The summed E-state index contributed by atoms with van der Waals surface area (Å²) in [7, 11) is 1.29. The van der Waals surface area contributed by atoms with Crippen LogP contribution in [-0.2, 0) is 6.18 Å². The van der Waals surface area contributed by atoms with E-state index in [1.165, 1.54) is 13.3 Å². The fourth-order valence-electron chi connectivity index (χ4n) is 1.26. The lowest BCUT2D eigenvalue weighted by Gasteiger charge is -2.15. The molecule has 0 aliphatic rings. The molecule has 0 saturated carbocycles. The zero-order chi connectivity index (χ0) is 11.6. The van der Waals surface area contributed by atoms with Crippen LogP contribution in [0.3, 0.4) is 0 Å². The smallest absolute Gasteiger partial charge is 0.416 e. The van der Waals surface area contributed by atoms with Crippen molar-refractivity contribution in [1.82, 2.24) is 4.98 Å². The van der Waals surface area contributed by atoms with Gasteiger partial charge in [-0.2, -0.15) is 13.2 Å². The fourth-order valence-corrected chi connectivity index (χ4v) is 1.26. The molecule has 0 saturated heterocycles. The van der Waals surface area contributed by atoms with Crippen molar-refractivity contribution >= 4 is 0 Å². The summed E-state index contributed by atoms with van der Waals surface area (Å²) >= 11 is 0. The van der Waals surface area contributed by atoms with Gasteiger partial charge in [0.05, 0.1) is 12.7 Å². The lowest BCUT2D eigenvalue weighted by molar-refractivity contribution is -0.138. The molecule has 0 unspecified atom stereocenters. The van der Waals surface area contributed by atoms with Gasteiger partial charge < -0.3 is 4.74 Å². The summed E-state index contributed by atoms with van der Waals surface area (Å²) in [6, 6.07) is 0.926. The highest BCUT2D eigenvalue weighted by atomic mass is 19.4. The van der Waals surface area contributed by atoms with Gasteiger partial charge in [-0.05, 0) is 11.5 Å². The number of rotatable bonds is 2. The van der Waals surface area contributed by atoms with Crippen LogP contribution >= 0.6 is 0 Å². The van der Waals surface area contributed by atoms with Crippen LogP contribution in [0.2, 0.25) is 0 Å². The van der Waals surface area contributed by atoms with Gasteiger partial charge in [-0.25, -0.2) is 4.98 Å². The second kappa shape index (κ2) is 4.08. The molecule has 0 N–H and O–H groups in total. The van der Waals surface area contributed by atoms with E-state index in [4.69, 9.17) is 0 Å². The summed E-state index contributed by atoms with van der Waals surface area (Å²) < 4.78 is 42.6. The monoisotopic (exact) mass is 219 g/mol. The minimum atomic E-state index is -4.37. The normalized spacial score (nSPS) is 11.9. The van der Waals surface area contributed by atoms with Crippen molar-refractivity contribution in [3.63, 3.8) is 0 Å². The third kappa shape index (κ3) is 2.61. The zero-order valence-electron chi connectivity index (χ0n) is 8.72. The van der Waals surface area contributed by atoms with Crippen LogP contribution in [0.15, 0.2) is 12.3 Å². The largest absolute Gasteiger partial charge is 0.481 e. The average molecular weight is 219 g/mol. The maximum atomic E-state index is 12.6. The summed E-state index contributed by atoms with van der Waals surface area (Å²) in [4.78, 5) is 3.77. The van der Waals surface area contributed by atoms with Gasteiger partial charge in [0.15, 0.2) is 0 Å². The summed E-state index contributed by atoms with van der Waals surface area (Å²) in [6.07, 6.45) is -3.15. The van der Waals surface area contributed by atoms with Gasteiger partial charge in [0.2, 0.25) is 5.88 Å². The molecule has 1 heterocycles. The summed E-state index contributed by atoms with van der Waals surface area (Å²) in [5.74, 6) is -0.244. The molecule has 0 radical (unpaired) electrons. The molecule has 15 heavy (non-hydrogen) atoms. The first kappa shape index (κ1) is 11.8. The molecule has 1 aromatic heterocycles. The number of halogens is 3. The highest BCUT2D eigenvalue weighted by Gasteiger charge is 2.34. The van der Waals surface area contributed by atoms with Gasteiger partial charge in [0, 0.05) is 12.3 Å². The predicted molar refractivity (Wildman–Crippen MR) is 49.9 cm³/mol. The first-order valence-electron chi connectivity index (χ1n) is 4.47. The molecule has 0 aliphatic carbocycles. The maximum Gasteiger partial charge on any atom is 0.416 e. The van der Waals surface area contributed by atoms with Gasteiger partial charge in [0.1, 0.15) is 0 Å². The van der Waals surface area contributed by atoms with E-state index < -0.39 is 11.7 Å². The van der Waals surface area contributed by atoms with Crippen molar-refractivity contribution in [2.45, 2.75) is 25.9 Å². The van der Waals surface area contributed by atoms with Crippen molar-refractivity contribution in [2.24, 2.45) is 0 Å². The van der Waals surface area contributed by atoms with E-state index in [9.17, 15) is 13.2 Å². The van der Waals surface area contributed by atoms with Crippen LogP contribution in [0.1, 0.15) is 30.9 Å². The van der Waals surface area contributed by atoms with Crippen LogP contribution in [0.5, 0.6) is 5.88 Å². The molecule has 0 fully saturated rings. The van der Waals surface area contributed by atoms with E-state index in [1.54, 1.807) is 13.8 Å². The molecule has 5 heteroatoms. The molecule has 0 aliphatic heterocycles. The average Bonchev–Trinajstić information content (AvgIpc) is 2.15. The number of alkyl halides is 3. The Morgan fingerprint density at radius 3 is 2.33 bits per heavy atom. The molecular weight excluding hydrogens is 207 g/mol. The van der Waals surface area contributed by atoms with Gasteiger partial charge >= 0.3 is 6.18 Å². The molecular formula is C10H12F3NO. The van der Waals surface area contributed by atoms with Crippen molar-refractivity contribution < 1.29 is 17.9 Å². The van der Waals surface area contributed by atoms with Crippen molar-refractivity contribution in [3.8, 4) is 5.88 Å². The molecule has 0 atom stereocenters. The maximum absolute atomic E-state index is 12.6. The molecule has 0 aromatic carbocycles. The lowest BCUT2D eigenvalue weighted by atomic mass is 9.99. The van der Waals surface area contributed by atoms with Gasteiger partial charge in [0.25, 0.3) is 0 Å². The van der Waals surface area contributed by atoms with E-state index in [0.29, 0.717) is 0 Å². The Bertz CT molecular complexity index is 347. The molecule has 1 rings (SSSR count). The van der Waals surface area contributed by atoms with Crippen LogP contribution in [-0.4, -0.2) is 12.1 Å². The minimum absolute atomic E-state index is 0.0216.